The summed E-state index contributed by atoms with van der Waals surface area (Å²) in [7, 11) is 0. The van der Waals surface area contributed by atoms with E-state index in [4.69, 9.17) is 4.74 Å². The van der Waals surface area contributed by atoms with Crippen LogP contribution in [0.25, 0.3) is 0 Å². The zero-order chi connectivity index (χ0) is 25.1. The molecule has 2 amide bonds. The van der Waals surface area contributed by atoms with Crippen LogP contribution in [0.2, 0.25) is 0 Å². The molecule has 2 aromatic heterocycles. The van der Waals surface area contributed by atoms with Crippen LogP contribution in [0.5, 0.6) is 0 Å². The van der Waals surface area contributed by atoms with Crippen molar-refractivity contribution in [2.45, 2.75) is 45.5 Å². The molecule has 0 bridgehead atoms. The maximum atomic E-state index is 13.8. The first-order valence-electron chi connectivity index (χ1n) is 12.7. The molecule has 0 aliphatic carbocycles. The van der Waals surface area contributed by atoms with E-state index in [1.165, 1.54) is 0 Å². The average molecular weight is 488 g/mol. The van der Waals surface area contributed by atoms with Crippen LogP contribution in [0.1, 0.15) is 58.4 Å². The fourth-order valence-electron chi connectivity index (χ4n) is 5.20. The Kier molecular flexibility index (Phi) is 7.04. The van der Waals surface area contributed by atoms with Gasteiger partial charge in [-0.15, -0.1) is 0 Å². The number of anilines is 1. The summed E-state index contributed by atoms with van der Waals surface area (Å²) >= 11 is 0. The van der Waals surface area contributed by atoms with Crippen LogP contribution in [0.4, 0.5) is 5.82 Å². The molecule has 36 heavy (non-hydrogen) atoms. The van der Waals surface area contributed by atoms with Gasteiger partial charge in [0.2, 0.25) is 0 Å². The third-order valence-electron chi connectivity index (χ3n) is 7.15. The molecule has 0 saturated carbocycles. The van der Waals surface area contributed by atoms with Crippen LogP contribution in [-0.4, -0.2) is 58.5 Å². The highest BCUT2D eigenvalue weighted by Gasteiger charge is 2.33. The predicted molar refractivity (Wildman–Crippen MR) is 138 cm³/mol. The second kappa shape index (κ2) is 10.5. The van der Waals surface area contributed by atoms with E-state index < -0.39 is 0 Å². The first-order valence-corrected chi connectivity index (χ1v) is 12.7. The molecule has 188 valence electrons. The highest BCUT2D eigenvalue weighted by atomic mass is 16.5. The summed E-state index contributed by atoms with van der Waals surface area (Å²) in [5.74, 6) is 0.712. The van der Waals surface area contributed by atoms with Crippen molar-refractivity contribution in [1.29, 1.82) is 0 Å². The van der Waals surface area contributed by atoms with Gasteiger partial charge in [-0.3, -0.25) is 9.59 Å². The summed E-state index contributed by atoms with van der Waals surface area (Å²) in [5.41, 5.74) is 2.91. The summed E-state index contributed by atoms with van der Waals surface area (Å²) in [4.78, 5) is 35.8. The maximum Gasteiger partial charge on any atom is 0.270 e. The second-order valence-electron chi connectivity index (χ2n) is 9.42. The second-order valence-corrected chi connectivity index (χ2v) is 9.42. The van der Waals surface area contributed by atoms with Gasteiger partial charge in [-0.05, 0) is 37.1 Å². The van der Waals surface area contributed by atoms with Gasteiger partial charge < -0.3 is 24.4 Å². The number of nitrogens with zero attached hydrogens (tertiary/aromatic N) is 4. The molecule has 8 nitrogen and oxygen atoms in total. The van der Waals surface area contributed by atoms with Crippen molar-refractivity contribution in [2.75, 3.05) is 31.1 Å². The number of amides is 2. The van der Waals surface area contributed by atoms with Crippen molar-refractivity contribution < 1.29 is 14.3 Å². The summed E-state index contributed by atoms with van der Waals surface area (Å²) < 4.78 is 7.66. The molecule has 2 aliphatic heterocycles. The minimum absolute atomic E-state index is 0.0130. The molecule has 1 N–H and O–H groups in total. The molecule has 2 aliphatic rings. The van der Waals surface area contributed by atoms with E-state index in [1.807, 2.05) is 58.0 Å². The minimum Gasteiger partial charge on any atom is -0.373 e. The largest absolute Gasteiger partial charge is 0.373 e. The molecule has 0 radical (unpaired) electrons. The van der Waals surface area contributed by atoms with Crippen molar-refractivity contribution >= 4 is 17.6 Å². The van der Waals surface area contributed by atoms with Gasteiger partial charge in [0.15, 0.2) is 0 Å². The van der Waals surface area contributed by atoms with E-state index in [1.54, 1.807) is 12.3 Å². The summed E-state index contributed by atoms with van der Waals surface area (Å²) in [6.45, 7) is 7.54. The van der Waals surface area contributed by atoms with E-state index in [2.05, 4.69) is 29.0 Å². The molecule has 0 spiro atoms. The van der Waals surface area contributed by atoms with Gasteiger partial charge in [-0.1, -0.05) is 43.3 Å². The number of fused-ring (bicyclic) bond motifs is 1. The SMILES string of the molecule is CCC(NC(=O)c1cc(C(=O)N2CCN(c3ccccn3)CC2C)n2c1COCC2)c1ccccc1. The molecule has 8 heteroatoms. The summed E-state index contributed by atoms with van der Waals surface area (Å²) in [6.07, 6.45) is 2.56. The first kappa shape index (κ1) is 24.1. The minimum atomic E-state index is -0.174. The normalized spacial score (nSPS) is 18.4. The average Bonchev–Trinajstić information content (AvgIpc) is 3.32. The van der Waals surface area contributed by atoms with Gasteiger partial charge in [-0.25, -0.2) is 4.98 Å². The lowest BCUT2D eigenvalue weighted by atomic mass is 10.0. The number of benzene rings is 1. The number of hydrogen-bond donors (Lipinski definition) is 1. The van der Waals surface area contributed by atoms with E-state index in [0.29, 0.717) is 50.7 Å². The van der Waals surface area contributed by atoms with E-state index in [-0.39, 0.29) is 23.9 Å². The number of carbonyl (C=O) groups is 2. The first-order chi connectivity index (χ1) is 17.6. The van der Waals surface area contributed by atoms with Crippen molar-refractivity contribution in [1.82, 2.24) is 19.8 Å². The number of rotatable bonds is 6. The standard InChI is InChI=1S/C28H33N5O3/c1-3-23(21-9-5-4-6-10-21)30-27(34)22-17-24(33-15-16-36-19-25(22)33)28(35)32-14-13-31(18-20(32)2)26-11-7-8-12-29-26/h4-12,17,20,23H,3,13-16,18-19H2,1-2H3,(H,30,34). The third kappa shape index (κ3) is 4.73. The zero-order valence-electron chi connectivity index (χ0n) is 20.9. The van der Waals surface area contributed by atoms with Crippen molar-refractivity contribution in [3.8, 4) is 0 Å². The lowest BCUT2D eigenvalue weighted by molar-refractivity contribution is 0.0625. The van der Waals surface area contributed by atoms with Crippen LogP contribution in [0.3, 0.4) is 0 Å². The van der Waals surface area contributed by atoms with Crippen molar-refractivity contribution in [3.63, 3.8) is 0 Å². The molecule has 2 unspecified atom stereocenters. The smallest absolute Gasteiger partial charge is 0.270 e. The molecule has 4 heterocycles. The van der Waals surface area contributed by atoms with Gasteiger partial charge in [0.05, 0.1) is 30.5 Å². The topological polar surface area (TPSA) is 79.7 Å². The van der Waals surface area contributed by atoms with Crippen LogP contribution in [-0.2, 0) is 17.9 Å². The molecule has 1 saturated heterocycles. The molecular formula is C28H33N5O3. The lowest BCUT2D eigenvalue weighted by Crippen LogP contribution is -2.54. The molecule has 1 aromatic carbocycles. The van der Waals surface area contributed by atoms with Crippen LogP contribution < -0.4 is 10.2 Å². The van der Waals surface area contributed by atoms with Gasteiger partial charge >= 0.3 is 0 Å². The number of piperazine rings is 1. The zero-order valence-corrected chi connectivity index (χ0v) is 20.9. The number of carbonyl (C=O) groups excluding carboxylic acids is 2. The number of hydrogen-bond acceptors (Lipinski definition) is 5. The molecule has 2 atom stereocenters. The summed E-state index contributed by atoms with van der Waals surface area (Å²) in [5, 5.41) is 3.17. The predicted octanol–water partition coefficient (Wildman–Crippen LogP) is 3.65. The highest BCUT2D eigenvalue weighted by molar-refractivity contribution is 6.01. The Morgan fingerprint density at radius 2 is 1.92 bits per heavy atom. The van der Waals surface area contributed by atoms with Gasteiger partial charge in [0, 0.05) is 38.4 Å². The maximum absolute atomic E-state index is 13.8. The summed E-state index contributed by atoms with van der Waals surface area (Å²) in [6, 6.07) is 17.5. The Hall–Kier alpha value is -3.65. The number of aromatic nitrogens is 2. The van der Waals surface area contributed by atoms with Gasteiger partial charge in [-0.2, -0.15) is 0 Å². The third-order valence-corrected chi connectivity index (χ3v) is 7.15. The highest BCUT2D eigenvalue weighted by Crippen LogP contribution is 2.26. The molecule has 1 fully saturated rings. The molecule has 5 rings (SSSR count). The Labute approximate surface area is 211 Å². The molecular weight excluding hydrogens is 454 g/mol. The van der Waals surface area contributed by atoms with Gasteiger partial charge in [0.25, 0.3) is 11.8 Å². The van der Waals surface area contributed by atoms with E-state index in [0.717, 1.165) is 23.5 Å². The van der Waals surface area contributed by atoms with Crippen LogP contribution in [0, 0.1) is 0 Å². The Bertz CT molecular complexity index is 1210. The number of ether oxygens (including phenoxy) is 1. The number of nitrogens with one attached hydrogen (secondary N) is 1. The van der Waals surface area contributed by atoms with Crippen molar-refractivity contribution in [2.24, 2.45) is 0 Å². The van der Waals surface area contributed by atoms with E-state index in [9.17, 15) is 9.59 Å². The lowest BCUT2D eigenvalue weighted by Gasteiger charge is -2.40. The van der Waals surface area contributed by atoms with Crippen LogP contribution >= 0.6 is 0 Å². The van der Waals surface area contributed by atoms with E-state index >= 15 is 0 Å². The van der Waals surface area contributed by atoms with Crippen molar-refractivity contribution in [3.05, 3.63) is 83.3 Å². The van der Waals surface area contributed by atoms with Crippen LogP contribution in [0.15, 0.2) is 60.8 Å². The monoisotopic (exact) mass is 487 g/mol. The quantitative estimate of drug-likeness (QED) is 0.574. The fraction of sp³-hybridized carbons (Fsp3) is 0.393. The van der Waals surface area contributed by atoms with Gasteiger partial charge in [0.1, 0.15) is 11.5 Å². The number of pyridine rings is 1. The Morgan fingerprint density at radius 1 is 1.11 bits per heavy atom. The fourth-order valence-corrected chi connectivity index (χ4v) is 5.20. The molecule has 3 aromatic rings. The Morgan fingerprint density at radius 3 is 2.64 bits per heavy atom. The Balaban J connectivity index is 1.36.